The Morgan fingerprint density at radius 1 is 1.20 bits per heavy atom. The highest BCUT2D eigenvalue weighted by atomic mass is 35.5. The number of aliphatic hydroxyl groups excluding tert-OH is 1. The molecule has 4 nitrogen and oxygen atoms in total. The Kier molecular flexibility index (Phi) is 6.26. The second-order valence-electron chi connectivity index (χ2n) is 5.40. The van der Waals surface area contributed by atoms with Gasteiger partial charge in [0.05, 0.1) is 19.3 Å². The molecule has 0 radical (unpaired) electrons. The van der Waals surface area contributed by atoms with Crippen LogP contribution in [0.25, 0.3) is 0 Å². The molecule has 0 unspecified atom stereocenters. The predicted octanol–water partition coefficient (Wildman–Crippen LogP) is 1.46. The molecule has 0 saturated carbocycles. The van der Waals surface area contributed by atoms with Crippen LogP contribution in [-0.4, -0.2) is 67.4 Å². The van der Waals surface area contributed by atoms with Crippen molar-refractivity contribution in [1.29, 1.82) is 0 Å². The lowest BCUT2D eigenvalue weighted by Gasteiger charge is -2.33. The van der Waals surface area contributed by atoms with Crippen LogP contribution in [0.5, 0.6) is 0 Å². The first-order valence-corrected chi connectivity index (χ1v) is 7.42. The fourth-order valence-corrected chi connectivity index (χ4v) is 2.40. The van der Waals surface area contributed by atoms with Crippen molar-refractivity contribution in [3.63, 3.8) is 0 Å². The minimum atomic E-state index is -0.425. The minimum absolute atomic E-state index is 0.370. The molecular weight excluding hydrogens is 276 g/mol. The Morgan fingerprint density at radius 3 is 2.50 bits per heavy atom. The summed E-state index contributed by atoms with van der Waals surface area (Å²) in [5.41, 5.74) is 1.07. The van der Waals surface area contributed by atoms with Gasteiger partial charge in [0, 0.05) is 37.7 Å². The van der Waals surface area contributed by atoms with Crippen molar-refractivity contribution in [1.82, 2.24) is 9.80 Å². The third-order valence-corrected chi connectivity index (χ3v) is 3.81. The molecule has 1 fully saturated rings. The van der Waals surface area contributed by atoms with Gasteiger partial charge in [-0.05, 0) is 24.7 Å². The number of benzene rings is 1. The van der Waals surface area contributed by atoms with E-state index in [9.17, 15) is 5.11 Å². The second-order valence-corrected chi connectivity index (χ2v) is 5.84. The van der Waals surface area contributed by atoms with Crippen LogP contribution in [0.3, 0.4) is 0 Å². The van der Waals surface area contributed by atoms with Crippen molar-refractivity contribution in [2.24, 2.45) is 0 Å². The number of hydrogen-bond donors (Lipinski definition) is 1. The van der Waals surface area contributed by atoms with Gasteiger partial charge < -0.3 is 14.7 Å². The van der Waals surface area contributed by atoms with Crippen molar-refractivity contribution < 1.29 is 9.84 Å². The summed E-state index contributed by atoms with van der Waals surface area (Å²) in [6, 6.07) is 7.58. The monoisotopic (exact) mass is 298 g/mol. The number of β-amino-alcohol motifs (C(OH)–C–C–N with tert-alkyl or cyclic N) is 1. The molecule has 1 heterocycles. The van der Waals surface area contributed by atoms with Gasteiger partial charge in [-0.1, -0.05) is 23.7 Å². The molecule has 0 bridgehead atoms. The van der Waals surface area contributed by atoms with Gasteiger partial charge >= 0.3 is 0 Å². The number of hydrogen-bond acceptors (Lipinski definition) is 4. The largest absolute Gasteiger partial charge is 0.389 e. The zero-order chi connectivity index (χ0) is 14.4. The lowest BCUT2D eigenvalue weighted by Crippen LogP contribution is -2.47. The summed E-state index contributed by atoms with van der Waals surface area (Å²) in [5.74, 6) is 0. The summed E-state index contributed by atoms with van der Waals surface area (Å²) in [5, 5.41) is 10.7. The van der Waals surface area contributed by atoms with Gasteiger partial charge in [0.2, 0.25) is 0 Å². The molecule has 0 aromatic heterocycles. The Balaban J connectivity index is 1.62. The molecule has 1 N–H and O–H groups in total. The molecule has 0 amide bonds. The van der Waals surface area contributed by atoms with Crippen LogP contribution in [0.1, 0.15) is 5.56 Å². The Bertz CT molecular complexity index is 391. The van der Waals surface area contributed by atoms with E-state index in [-0.39, 0.29) is 0 Å². The highest BCUT2D eigenvalue weighted by Crippen LogP contribution is 2.10. The summed E-state index contributed by atoms with van der Waals surface area (Å²) >= 11 is 5.83. The van der Waals surface area contributed by atoms with E-state index in [0.717, 1.165) is 36.8 Å². The van der Waals surface area contributed by atoms with E-state index in [1.807, 2.05) is 24.3 Å². The Hall–Kier alpha value is -0.650. The average molecular weight is 299 g/mol. The molecule has 1 aromatic carbocycles. The third kappa shape index (κ3) is 5.38. The van der Waals surface area contributed by atoms with Crippen molar-refractivity contribution in [2.75, 3.05) is 46.4 Å². The molecule has 20 heavy (non-hydrogen) atoms. The van der Waals surface area contributed by atoms with Gasteiger partial charge in [0.15, 0.2) is 0 Å². The molecule has 2 rings (SSSR count). The van der Waals surface area contributed by atoms with Gasteiger partial charge in [-0.3, -0.25) is 4.90 Å². The van der Waals surface area contributed by atoms with Crippen LogP contribution < -0.4 is 0 Å². The number of ether oxygens (including phenoxy) is 1. The number of rotatable bonds is 6. The van der Waals surface area contributed by atoms with Gasteiger partial charge in [0.1, 0.15) is 0 Å². The molecule has 1 aliphatic heterocycles. The van der Waals surface area contributed by atoms with E-state index in [2.05, 4.69) is 16.8 Å². The molecule has 1 aromatic rings. The van der Waals surface area contributed by atoms with E-state index in [4.69, 9.17) is 16.3 Å². The first-order chi connectivity index (χ1) is 9.63. The molecule has 1 aliphatic rings. The van der Waals surface area contributed by atoms with Crippen LogP contribution >= 0.6 is 11.6 Å². The van der Waals surface area contributed by atoms with Crippen molar-refractivity contribution >= 4 is 11.6 Å². The van der Waals surface area contributed by atoms with Gasteiger partial charge in [0.25, 0.3) is 0 Å². The minimum Gasteiger partial charge on any atom is -0.389 e. The summed E-state index contributed by atoms with van der Waals surface area (Å²) in [6.45, 7) is 5.74. The first kappa shape index (κ1) is 15.7. The highest BCUT2D eigenvalue weighted by Gasteiger charge is 2.16. The third-order valence-electron chi connectivity index (χ3n) is 3.56. The average Bonchev–Trinajstić information content (AvgIpc) is 2.44. The maximum absolute atomic E-state index is 9.99. The quantitative estimate of drug-likeness (QED) is 0.863. The zero-order valence-electron chi connectivity index (χ0n) is 12.0. The lowest BCUT2D eigenvalue weighted by atomic mass is 10.2. The Morgan fingerprint density at radius 2 is 1.85 bits per heavy atom. The Labute approximate surface area is 125 Å². The van der Waals surface area contributed by atoms with Gasteiger partial charge in [-0.25, -0.2) is 0 Å². The van der Waals surface area contributed by atoms with Crippen molar-refractivity contribution in [3.05, 3.63) is 34.9 Å². The molecule has 5 heteroatoms. The molecule has 112 valence electrons. The normalized spacial score (nSPS) is 19.1. The zero-order valence-corrected chi connectivity index (χ0v) is 12.7. The number of halogens is 1. The second kappa shape index (κ2) is 7.96. The smallest absolute Gasteiger partial charge is 0.0900 e. The molecule has 1 saturated heterocycles. The number of piperazine rings is 1. The molecule has 1 atom stereocenters. The van der Waals surface area contributed by atoms with E-state index < -0.39 is 6.10 Å². The van der Waals surface area contributed by atoms with Crippen LogP contribution in [-0.2, 0) is 11.3 Å². The van der Waals surface area contributed by atoms with Crippen LogP contribution in [0.2, 0.25) is 5.02 Å². The predicted molar refractivity (Wildman–Crippen MR) is 81.1 cm³/mol. The van der Waals surface area contributed by atoms with E-state index >= 15 is 0 Å². The SMILES string of the molecule is CN1CCN(C[C@@H](O)COCc2ccc(Cl)cc2)CC1. The number of likely N-dealkylation sites (N-methyl/N-ethyl adjacent to an activating group) is 1. The van der Waals surface area contributed by atoms with Crippen LogP contribution in [0.15, 0.2) is 24.3 Å². The molecular formula is C15H23ClN2O2. The van der Waals surface area contributed by atoms with Gasteiger partial charge in [-0.2, -0.15) is 0 Å². The highest BCUT2D eigenvalue weighted by molar-refractivity contribution is 6.30. The fourth-order valence-electron chi connectivity index (χ4n) is 2.27. The van der Waals surface area contributed by atoms with E-state index in [1.165, 1.54) is 0 Å². The maximum atomic E-state index is 9.99. The van der Waals surface area contributed by atoms with Crippen LogP contribution in [0, 0.1) is 0 Å². The first-order valence-electron chi connectivity index (χ1n) is 7.04. The van der Waals surface area contributed by atoms with E-state index in [1.54, 1.807) is 0 Å². The number of nitrogens with zero attached hydrogens (tertiary/aromatic N) is 2. The summed E-state index contributed by atoms with van der Waals surface area (Å²) in [4.78, 5) is 4.59. The van der Waals surface area contributed by atoms with Gasteiger partial charge in [-0.15, -0.1) is 0 Å². The summed E-state index contributed by atoms with van der Waals surface area (Å²) in [7, 11) is 2.13. The van der Waals surface area contributed by atoms with Crippen molar-refractivity contribution in [3.8, 4) is 0 Å². The van der Waals surface area contributed by atoms with Crippen molar-refractivity contribution in [2.45, 2.75) is 12.7 Å². The summed E-state index contributed by atoms with van der Waals surface area (Å²) < 4.78 is 5.55. The molecule has 0 aliphatic carbocycles. The number of aliphatic hydroxyl groups is 1. The topological polar surface area (TPSA) is 35.9 Å². The lowest BCUT2D eigenvalue weighted by molar-refractivity contribution is 0.00297. The van der Waals surface area contributed by atoms with Crippen LogP contribution in [0.4, 0.5) is 0 Å². The maximum Gasteiger partial charge on any atom is 0.0900 e. The fraction of sp³-hybridized carbons (Fsp3) is 0.600. The standard InChI is InChI=1S/C15H23ClN2O2/c1-17-6-8-18(9-7-17)10-15(19)12-20-11-13-2-4-14(16)5-3-13/h2-5,15,19H,6-12H2,1H3/t15-/m1/s1. The van der Waals surface area contributed by atoms with E-state index in [0.29, 0.717) is 19.8 Å². The molecule has 0 spiro atoms. The summed E-state index contributed by atoms with van der Waals surface area (Å²) in [6.07, 6.45) is -0.425.